The van der Waals surface area contributed by atoms with Gasteiger partial charge in [0.2, 0.25) is 0 Å². The first-order valence-corrected chi connectivity index (χ1v) is 6.09. The van der Waals surface area contributed by atoms with Crippen LogP contribution in [0.15, 0.2) is 0 Å². The van der Waals surface area contributed by atoms with Gasteiger partial charge in [0.05, 0.1) is 0 Å². The Kier molecular flexibility index (Phi) is 6.46. The molecule has 0 radical (unpaired) electrons. The van der Waals surface area contributed by atoms with Gasteiger partial charge in [0.25, 0.3) is 0 Å². The van der Waals surface area contributed by atoms with E-state index in [2.05, 4.69) is 51.9 Å². The first-order valence-electron chi connectivity index (χ1n) is 6.09. The van der Waals surface area contributed by atoms with Crippen LogP contribution in [-0.2, 0) is 0 Å². The normalized spacial score (nSPS) is 15.0. The van der Waals surface area contributed by atoms with Crippen LogP contribution in [0.1, 0.15) is 34.6 Å². The molecule has 1 N–H and O–H groups in total. The molecule has 0 aliphatic heterocycles. The minimum absolute atomic E-state index is 0.399. The van der Waals surface area contributed by atoms with E-state index in [9.17, 15) is 0 Å². The second kappa shape index (κ2) is 6.49. The molecule has 0 aromatic carbocycles. The summed E-state index contributed by atoms with van der Waals surface area (Å²) < 4.78 is 0. The van der Waals surface area contributed by atoms with Crippen molar-refractivity contribution in [2.45, 2.75) is 34.6 Å². The summed E-state index contributed by atoms with van der Waals surface area (Å²) in [6, 6.07) is 0. The molecule has 2 heteroatoms. The van der Waals surface area contributed by atoms with Crippen molar-refractivity contribution in [3.63, 3.8) is 0 Å². The number of nitrogens with zero attached hydrogens (tertiary/aromatic N) is 1. The summed E-state index contributed by atoms with van der Waals surface area (Å²) in [6.45, 7) is 15.0. The SMILES string of the molecule is CNCC(CN(C)CC(C)(C)C)C(C)C. The number of hydrogen-bond donors (Lipinski definition) is 1. The first kappa shape index (κ1) is 14.9. The lowest BCUT2D eigenvalue weighted by Gasteiger charge is -2.31. The maximum atomic E-state index is 3.29. The van der Waals surface area contributed by atoms with E-state index in [4.69, 9.17) is 0 Å². The molecule has 0 rings (SSSR count). The molecule has 92 valence electrons. The Morgan fingerprint density at radius 2 is 1.73 bits per heavy atom. The number of rotatable bonds is 6. The molecule has 0 spiro atoms. The van der Waals surface area contributed by atoms with Gasteiger partial charge in [-0.05, 0) is 37.9 Å². The molecule has 1 atom stereocenters. The van der Waals surface area contributed by atoms with Crippen LogP contribution in [0.3, 0.4) is 0 Å². The van der Waals surface area contributed by atoms with E-state index in [0.29, 0.717) is 5.41 Å². The summed E-state index contributed by atoms with van der Waals surface area (Å²) in [5, 5.41) is 3.29. The Morgan fingerprint density at radius 1 is 1.20 bits per heavy atom. The van der Waals surface area contributed by atoms with E-state index < -0.39 is 0 Å². The molecule has 0 saturated carbocycles. The second-order valence-corrected chi connectivity index (χ2v) is 6.32. The average molecular weight is 214 g/mol. The lowest BCUT2D eigenvalue weighted by atomic mass is 9.92. The van der Waals surface area contributed by atoms with Gasteiger partial charge in [0.1, 0.15) is 0 Å². The molecule has 2 nitrogen and oxygen atoms in total. The summed E-state index contributed by atoms with van der Waals surface area (Å²) in [6.07, 6.45) is 0. The largest absolute Gasteiger partial charge is 0.319 e. The molecule has 15 heavy (non-hydrogen) atoms. The molecular formula is C13H30N2. The fourth-order valence-electron chi connectivity index (χ4n) is 2.05. The Labute approximate surface area is 96.4 Å². The van der Waals surface area contributed by atoms with Gasteiger partial charge in [-0.1, -0.05) is 34.6 Å². The molecule has 1 unspecified atom stereocenters. The highest BCUT2D eigenvalue weighted by atomic mass is 15.1. The monoisotopic (exact) mass is 214 g/mol. The van der Waals surface area contributed by atoms with Gasteiger partial charge in [-0.25, -0.2) is 0 Å². The molecule has 0 aromatic heterocycles. The first-order chi connectivity index (χ1) is 6.76. The van der Waals surface area contributed by atoms with Crippen molar-refractivity contribution in [3.8, 4) is 0 Å². The van der Waals surface area contributed by atoms with E-state index >= 15 is 0 Å². The molecule has 0 fully saturated rings. The molecule has 0 saturated heterocycles. The predicted molar refractivity (Wildman–Crippen MR) is 69.2 cm³/mol. The zero-order valence-corrected chi connectivity index (χ0v) is 11.7. The summed E-state index contributed by atoms with van der Waals surface area (Å²) in [7, 11) is 4.27. The Bertz CT molecular complexity index is 158. The van der Waals surface area contributed by atoms with Crippen LogP contribution >= 0.6 is 0 Å². The number of hydrogen-bond acceptors (Lipinski definition) is 2. The van der Waals surface area contributed by atoms with Gasteiger partial charge in [-0.2, -0.15) is 0 Å². The van der Waals surface area contributed by atoms with Crippen LogP contribution in [0.2, 0.25) is 0 Å². The molecule has 0 aromatic rings. The van der Waals surface area contributed by atoms with E-state index in [1.807, 2.05) is 7.05 Å². The van der Waals surface area contributed by atoms with Crippen molar-refractivity contribution in [1.82, 2.24) is 10.2 Å². The van der Waals surface area contributed by atoms with Crippen molar-refractivity contribution >= 4 is 0 Å². The maximum Gasteiger partial charge on any atom is 0.00271 e. The highest BCUT2D eigenvalue weighted by Gasteiger charge is 2.18. The van der Waals surface area contributed by atoms with Gasteiger partial charge in [-0.15, -0.1) is 0 Å². The minimum atomic E-state index is 0.399. The smallest absolute Gasteiger partial charge is 0.00271 e. The zero-order valence-electron chi connectivity index (χ0n) is 11.7. The minimum Gasteiger partial charge on any atom is -0.319 e. The topological polar surface area (TPSA) is 15.3 Å². The molecular weight excluding hydrogens is 184 g/mol. The van der Waals surface area contributed by atoms with E-state index in [1.165, 1.54) is 13.1 Å². The van der Waals surface area contributed by atoms with Gasteiger partial charge < -0.3 is 10.2 Å². The quantitative estimate of drug-likeness (QED) is 0.730. The third-order valence-electron chi connectivity index (χ3n) is 2.70. The third-order valence-corrected chi connectivity index (χ3v) is 2.70. The van der Waals surface area contributed by atoms with Crippen LogP contribution in [-0.4, -0.2) is 38.6 Å². The summed E-state index contributed by atoms with van der Waals surface area (Å²) >= 11 is 0. The third kappa shape index (κ3) is 7.80. The zero-order chi connectivity index (χ0) is 12.1. The predicted octanol–water partition coefficient (Wildman–Crippen LogP) is 2.46. The summed E-state index contributed by atoms with van der Waals surface area (Å²) in [5.41, 5.74) is 0.399. The Morgan fingerprint density at radius 3 is 2.07 bits per heavy atom. The molecule has 0 aliphatic rings. The second-order valence-electron chi connectivity index (χ2n) is 6.32. The van der Waals surface area contributed by atoms with E-state index in [1.54, 1.807) is 0 Å². The maximum absolute atomic E-state index is 3.29. The molecule has 0 heterocycles. The van der Waals surface area contributed by atoms with Crippen LogP contribution < -0.4 is 5.32 Å². The lowest BCUT2D eigenvalue weighted by molar-refractivity contribution is 0.179. The van der Waals surface area contributed by atoms with Crippen molar-refractivity contribution in [1.29, 1.82) is 0 Å². The van der Waals surface area contributed by atoms with Crippen LogP contribution in [0.4, 0.5) is 0 Å². The standard InChI is InChI=1S/C13H30N2/c1-11(2)12(8-14-6)9-15(7)10-13(3,4)5/h11-12,14H,8-10H2,1-7H3. The number of nitrogens with one attached hydrogen (secondary N) is 1. The van der Waals surface area contributed by atoms with Gasteiger partial charge in [-0.3, -0.25) is 0 Å². The van der Waals surface area contributed by atoms with Gasteiger partial charge in [0.15, 0.2) is 0 Å². The Hall–Kier alpha value is -0.0800. The fraction of sp³-hybridized carbons (Fsp3) is 1.00. The lowest BCUT2D eigenvalue weighted by Crippen LogP contribution is -2.38. The van der Waals surface area contributed by atoms with Crippen molar-refractivity contribution < 1.29 is 0 Å². The van der Waals surface area contributed by atoms with E-state index in [0.717, 1.165) is 18.4 Å². The molecule has 0 amide bonds. The highest BCUT2D eigenvalue weighted by Crippen LogP contribution is 2.17. The summed E-state index contributed by atoms with van der Waals surface area (Å²) in [4.78, 5) is 2.46. The van der Waals surface area contributed by atoms with Crippen LogP contribution in [0, 0.1) is 17.3 Å². The average Bonchev–Trinajstić information content (AvgIpc) is 1.99. The van der Waals surface area contributed by atoms with Crippen LogP contribution in [0.5, 0.6) is 0 Å². The van der Waals surface area contributed by atoms with Crippen molar-refractivity contribution in [2.75, 3.05) is 33.7 Å². The Balaban J connectivity index is 4.05. The molecule has 0 aliphatic carbocycles. The van der Waals surface area contributed by atoms with Gasteiger partial charge in [0, 0.05) is 13.1 Å². The fourth-order valence-corrected chi connectivity index (χ4v) is 2.05. The van der Waals surface area contributed by atoms with Gasteiger partial charge >= 0.3 is 0 Å². The highest BCUT2D eigenvalue weighted by molar-refractivity contribution is 4.72. The van der Waals surface area contributed by atoms with E-state index in [-0.39, 0.29) is 0 Å². The van der Waals surface area contributed by atoms with Crippen molar-refractivity contribution in [2.24, 2.45) is 17.3 Å². The van der Waals surface area contributed by atoms with Crippen LogP contribution in [0.25, 0.3) is 0 Å². The summed E-state index contributed by atoms with van der Waals surface area (Å²) in [5.74, 6) is 1.50. The van der Waals surface area contributed by atoms with Crippen molar-refractivity contribution in [3.05, 3.63) is 0 Å². The molecule has 0 bridgehead atoms.